The smallest absolute Gasteiger partial charge is 0.224 e. The molecule has 0 spiro atoms. The number of anilines is 1. The van der Waals surface area contributed by atoms with Crippen molar-refractivity contribution >= 4 is 22.2 Å². The second kappa shape index (κ2) is 8.69. The van der Waals surface area contributed by atoms with Crippen molar-refractivity contribution in [2.24, 2.45) is 0 Å². The number of rotatable bonds is 5. The molecule has 1 aromatic heterocycles. The molecule has 0 bridgehead atoms. The standard InChI is InChI=1S/C24H29N3OS/c1-19(28)27(23-6-5-15-29-23)24(10-3-2-4-11-24)12-14-26-13-9-21-16-20(17-25)7-8-22(21)18-26/h5-8,15-16H,2-4,9-14,18H2,1H3. The Morgan fingerprint density at radius 1 is 1.24 bits per heavy atom. The van der Waals surface area contributed by atoms with Crippen LogP contribution in [0.15, 0.2) is 35.7 Å². The molecular weight excluding hydrogens is 378 g/mol. The highest BCUT2D eigenvalue weighted by molar-refractivity contribution is 7.14. The van der Waals surface area contributed by atoms with E-state index >= 15 is 0 Å². The normalized spacial score (nSPS) is 18.6. The van der Waals surface area contributed by atoms with Crippen molar-refractivity contribution in [1.82, 2.24) is 4.90 Å². The third kappa shape index (κ3) is 4.24. The Hall–Kier alpha value is -2.16. The van der Waals surface area contributed by atoms with Crippen molar-refractivity contribution in [2.75, 3.05) is 18.0 Å². The van der Waals surface area contributed by atoms with Crippen LogP contribution in [0.25, 0.3) is 0 Å². The van der Waals surface area contributed by atoms with Crippen LogP contribution in [0.3, 0.4) is 0 Å². The molecule has 0 radical (unpaired) electrons. The molecule has 0 N–H and O–H groups in total. The molecular formula is C24H29N3OS. The fraction of sp³-hybridized carbons (Fsp3) is 0.500. The van der Waals surface area contributed by atoms with Crippen molar-refractivity contribution in [2.45, 2.75) is 64.0 Å². The summed E-state index contributed by atoms with van der Waals surface area (Å²) < 4.78 is 0. The quantitative estimate of drug-likeness (QED) is 0.691. The van der Waals surface area contributed by atoms with E-state index in [2.05, 4.69) is 33.4 Å². The van der Waals surface area contributed by atoms with Gasteiger partial charge in [0.2, 0.25) is 5.91 Å². The first-order valence-electron chi connectivity index (χ1n) is 10.7. The van der Waals surface area contributed by atoms with Gasteiger partial charge in [-0.2, -0.15) is 5.26 Å². The van der Waals surface area contributed by atoms with Gasteiger partial charge in [-0.1, -0.05) is 25.3 Å². The molecule has 0 atom stereocenters. The van der Waals surface area contributed by atoms with Crippen LogP contribution in [0.5, 0.6) is 0 Å². The maximum Gasteiger partial charge on any atom is 0.224 e. The lowest BCUT2D eigenvalue weighted by Crippen LogP contribution is -2.54. The lowest BCUT2D eigenvalue weighted by Gasteiger charge is -2.47. The van der Waals surface area contributed by atoms with Crippen LogP contribution in [-0.2, 0) is 17.8 Å². The highest BCUT2D eigenvalue weighted by Crippen LogP contribution is 2.41. The Balaban J connectivity index is 1.50. The minimum absolute atomic E-state index is 0.0557. The van der Waals surface area contributed by atoms with Crippen molar-refractivity contribution in [3.8, 4) is 6.07 Å². The lowest BCUT2D eigenvalue weighted by molar-refractivity contribution is -0.118. The number of benzene rings is 1. The maximum atomic E-state index is 12.7. The molecule has 2 aliphatic rings. The van der Waals surface area contributed by atoms with E-state index in [1.807, 2.05) is 18.2 Å². The average molecular weight is 408 g/mol. The molecule has 0 unspecified atom stereocenters. The van der Waals surface area contributed by atoms with E-state index in [1.54, 1.807) is 18.3 Å². The second-order valence-electron chi connectivity index (χ2n) is 8.46. The minimum atomic E-state index is -0.0557. The number of carbonyl (C=O) groups excluding carboxylic acids is 1. The molecule has 2 aromatic rings. The molecule has 152 valence electrons. The van der Waals surface area contributed by atoms with Crippen LogP contribution in [-0.4, -0.2) is 29.4 Å². The Labute approximate surface area is 177 Å². The first kappa shape index (κ1) is 20.1. The molecule has 5 heteroatoms. The van der Waals surface area contributed by atoms with Gasteiger partial charge in [0.1, 0.15) is 0 Å². The molecule has 1 aliphatic heterocycles. The van der Waals surface area contributed by atoms with Crippen LogP contribution in [0.4, 0.5) is 5.00 Å². The van der Waals surface area contributed by atoms with Gasteiger partial charge in [0.15, 0.2) is 0 Å². The zero-order valence-electron chi connectivity index (χ0n) is 17.2. The molecule has 1 aliphatic carbocycles. The minimum Gasteiger partial charge on any atom is -0.299 e. The van der Waals surface area contributed by atoms with E-state index in [1.165, 1.54) is 30.4 Å². The van der Waals surface area contributed by atoms with Crippen molar-refractivity contribution < 1.29 is 4.79 Å². The predicted molar refractivity (Wildman–Crippen MR) is 118 cm³/mol. The number of nitrogens with zero attached hydrogens (tertiary/aromatic N) is 3. The van der Waals surface area contributed by atoms with E-state index in [0.29, 0.717) is 0 Å². The van der Waals surface area contributed by atoms with Gasteiger partial charge in [0.25, 0.3) is 0 Å². The number of hydrogen-bond acceptors (Lipinski definition) is 4. The van der Waals surface area contributed by atoms with Gasteiger partial charge in [0.05, 0.1) is 16.6 Å². The molecule has 4 nitrogen and oxygen atoms in total. The third-order valence-electron chi connectivity index (χ3n) is 6.62. The van der Waals surface area contributed by atoms with E-state index in [0.717, 1.165) is 55.9 Å². The highest BCUT2D eigenvalue weighted by Gasteiger charge is 2.41. The number of hydrogen-bond donors (Lipinski definition) is 0. The summed E-state index contributed by atoms with van der Waals surface area (Å²) >= 11 is 1.67. The van der Waals surface area contributed by atoms with Gasteiger partial charge in [-0.05, 0) is 66.5 Å². The second-order valence-corrected chi connectivity index (χ2v) is 9.39. The molecule has 1 fully saturated rings. The maximum absolute atomic E-state index is 12.7. The van der Waals surface area contributed by atoms with Crippen molar-refractivity contribution in [3.63, 3.8) is 0 Å². The summed E-state index contributed by atoms with van der Waals surface area (Å²) in [6.45, 7) is 4.70. The Morgan fingerprint density at radius 3 is 2.76 bits per heavy atom. The van der Waals surface area contributed by atoms with Gasteiger partial charge < -0.3 is 0 Å². The summed E-state index contributed by atoms with van der Waals surface area (Å²) in [5.41, 5.74) is 3.36. The Kier molecular flexibility index (Phi) is 6.03. The van der Waals surface area contributed by atoms with Gasteiger partial charge >= 0.3 is 0 Å². The van der Waals surface area contributed by atoms with Crippen LogP contribution in [0, 0.1) is 11.3 Å². The van der Waals surface area contributed by atoms with Crippen LogP contribution in [0.1, 0.15) is 62.1 Å². The predicted octanol–water partition coefficient (Wildman–Crippen LogP) is 5.12. The van der Waals surface area contributed by atoms with Crippen molar-refractivity contribution in [1.29, 1.82) is 5.26 Å². The summed E-state index contributed by atoms with van der Waals surface area (Å²) in [6.07, 6.45) is 7.90. The molecule has 1 aromatic carbocycles. The number of carbonyl (C=O) groups is 1. The van der Waals surface area contributed by atoms with Gasteiger partial charge in [-0.25, -0.2) is 0 Å². The highest BCUT2D eigenvalue weighted by atomic mass is 32.1. The molecule has 4 rings (SSSR count). The van der Waals surface area contributed by atoms with E-state index in [4.69, 9.17) is 5.26 Å². The van der Waals surface area contributed by atoms with Crippen molar-refractivity contribution in [3.05, 3.63) is 52.4 Å². The summed E-state index contributed by atoms with van der Waals surface area (Å²) in [5.74, 6) is 0.169. The fourth-order valence-electron chi connectivity index (χ4n) is 5.15. The molecule has 1 amide bonds. The number of amides is 1. The van der Waals surface area contributed by atoms with Crippen LogP contribution >= 0.6 is 11.3 Å². The molecule has 29 heavy (non-hydrogen) atoms. The first-order valence-corrected chi connectivity index (χ1v) is 11.6. The molecule has 0 saturated heterocycles. The number of nitriles is 1. The zero-order valence-corrected chi connectivity index (χ0v) is 18.0. The first-order chi connectivity index (χ1) is 14.1. The summed E-state index contributed by atoms with van der Waals surface area (Å²) in [4.78, 5) is 17.4. The summed E-state index contributed by atoms with van der Waals surface area (Å²) in [6, 6.07) is 12.5. The molecule has 1 saturated carbocycles. The van der Waals surface area contributed by atoms with E-state index in [9.17, 15) is 4.79 Å². The Morgan fingerprint density at radius 2 is 2.07 bits per heavy atom. The fourth-order valence-corrected chi connectivity index (χ4v) is 6.03. The van der Waals surface area contributed by atoms with E-state index in [-0.39, 0.29) is 11.4 Å². The third-order valence-corrected chi connectivity index (χ3v) is 7.47. The van der Waals surface area contributed by atoms with Gasteiger partial charge in [0, 0.05) is 32.1 Å². The average Bonchev–Trinajstić information content (AvgIpc) is 3.26. The SMILES string of the molecule is CC(=O)N(c1cccs1)C1(CCN2CCc3cc(C#N)ccc3C2)CCCCC1. The Bertz CT molecular complexity index is 893. The monoisotopic (exact) mass is 407 g/mol. The largest absolute Gasteiger partial charge is 0.299 e. The van der Waals surface area contributed by atoms with Crippen LogP contribution < -0.4 is 4.90 Å². The topological polar surface area (TPSA) is 47.3 Å². The number of thiophene rings is 1. The number of fused-ring (bicyclic) bond motifs is 1. The molecule has 2 heterocycles. The van der Waals surface area contributed by atoms with E-state index < -0.39 is 0 Å². The summed E-state index contributed by atoms with van der Waals surface area (Å²) in [5, 5.41) is 12.3. The summed E-state index contributed by atoms with van der Waals surface area (Å²) in [7, 11) is 0. The zero-order chi connectivity index (χ0) is 20.3. The van der Waals surface area contributed by atoms with Gasteiger partial charge in [-0.3, -0.25) is 14.6 Å². The van der Waals surface area contributed by atoms with Crippen LogP contribution in [0.2, 0.25) is 0 Å². The van der Waals surface area contributed by atoms with Gasteiger partial charge in [-0.15, -0.1) is 11.3 Å². The lowest BCUT2D eigenvalue weighted by atomic mass is 9.77.